The summed E-state index contributed by atoms with van der Waals surface area (Å²) < 4.78 is 51.3. The van der Waals surface area contributed by atoms with Crippen molar-refractivity contribution in [3.8, 4) is 11.1 Å². The topological polar surface area (TPSA) is 12.9 Å². The first kappa shape index (κ1) is 13.3. The fourth-order valence-electron chi connectivity index (χ4n) is 1.50. The predicted octanol–water partition coefficient (Wildman–Crippen LogP) is 4.51. The van der Waals surface area contributed by atoms with Gasteiger partial charge in [0.25, 0.3) is 0 Å². The van der Waals surface area contributed by atoms with Gasteiger partial charge in [0.2, 0.25) is 5.95 Å². The Morgan fingerprint density at radius 2 is 1.61 bits per heavy atom. The minimum atomic E-state index is -4.39. The largest absolute Gasteiger partial charge is 0.416 e. The number of aromatic nitrogens is 1. The third kappa shape index (κ3) is 2.63. The molecule has 6 heteroatoms. The average Bonchev–Trinajstić information content (AvgIpc) is 2.28. The zero-order chi connectivity index (χ0) is 13.3. The molecule has 1 aromatic heterocycles. The number of hydrogen-bond donors (Lipinski definition) is 0. The smallest absolute Gasteiger partial charge is 0.228 e. The van der Waals surface area contributed by atoms with Crippen molar-refractivity contribution in [1.82, 2.24) is 4.98 Å². The number of nitrogens with zero attached hydrogens (tertiary/aromatic N) is 1. The minimum Gasteiger partial charge on any atom is -0.228 e. The Labute approximate surface area is 114 Å². The van der Waals surface area contributed by atoms with E-state index in [1.807, 2.05) is 22.6 Å². The van der Waals surface area contributed by atoms with Crippen LogP contribution < -0.4 is 0 Å². The number of benzene rings is 1. The van der Waals surface area contributed by atoms with Crippen molar-refractivity contribution in [2.45, 2.75) is 6.18 Å². The van der Waals surface area contributed by atoms with Crippen molar-refractivity contribution in [3.05, 3.63) is 51.6 Å². The standard InChI is InChI=1S/C12H6F4IN/c13-11-10(9(17)5-6-18-11)7-1-3-8(4-2-7)12(14,15)16/h1-6H. The van der Waals surface area contributed by atoms with Gasteiger partial charge in [0.1, 0.15) is 0 Å². The second-order valence-corrected chi connectivity index (χ2v) is 4.70. The molecular weight excluding hydrogens is 361 g/mol. The molecule has 2 rings (SSSR count). The Bertz CT molecular complexity index is 543. The Balaban J connectivity index is 2.47. The molecule has 0 bridgehead atoms. The molecule has 0 saturated heterocycles. The highest BCUT2D eigenvalue weighted by Gasteiger charge is 2.30. The number of alkyl halides is 3. The highest BCUT2D eigenvalue weighted by atomic mass is 127. The predicted molar refractivity (Wildman–Crippen MR) is 67.4 cm³/mol. The number of halogens is 5. The third-order valence-corrected chi connectivity index (χ3v) is 3.25. The lowest BCUT2D eigenvalue weighted by atomic mass is 10.1. The van der Waals surface area contributed by atoms with Gasteiger partial charge >= 0.3 is 6.18 Å². The van der Waals surface area contributed by atoms with E-state index in [-0.39, 0.29) is 5.56 Å². The first-order chi connectivity index (χ1) is 8.39. The molecule has 94 valence electrons. The van der Waals surface area contributed by atoms with Crippen LogP contribution in [0.1, 0.15) is 5.56 Å². The van der Waals surface area contributed by atoms with Crippen molar-refractivity contribution in [2.24, 2.45) is 0 Å². The summed E-state index contributed by atoms with van der Waals surface area (Å²) in [5, 5.41) is 0. The highest BCUT2D eigenvalue weighted by molar-refractivity contribution is 14.1. The van der Waals surface area contributed by atoms with E-state index in [2.05, 4.69) is 4.98 Å². The van der Waals surface area contributed by atoms with Crippen molar-refractivity contribution >= 4 is 22.6 Å². The molecule has 0 aliphatic heterocycles. The van der Waals surface area contributed by atoms with Gasteiger partial charge in [-0.25, -0.2) is 4.98 Å². The quantitative estimate of drug-likeness (QED) is 0.411. The third-order valence-electron chi connectivity index (χ3n) is 2.35. The van der Waals surface area contributed by atoms with Gasteiger partial charge in [0.05, 0.1) is 11.1 Å². The van der Waals surface area contributed by atoms with Gasteiger partial charge in [-0.1, -0.05) is 12.1 Å². The molecule has 0 aliphatic rings. The molecule has 0 spiro atoms. The number of pyridine rings is 1. The minimum absolute atomic E-state index is 0.215. The Morgan fingerprint density at radius 3 is 2.11 bits per heavy atom. The summed E-state index contributed by atoms with van der Waals surface area (Å²) >= 11 is 1.91. The van der Waals surface area contributed by atoms with E-state index in [0.29, 0.717) is 9.13 Å². The zero-order valence-electron chi connectivity index (χ0n) is 8.80. The van der Waals surface area contributed by atoms with Gasteiger partial charge in [-0.15, -0.1) is 0 Å². The van der Waals surface area contributed by atoms with Gasteiger partial charge in [-0.3, -0.25) is 0 Å². The maximum absolute atomic E-state index is 13.5. The number of rotatable bonds is 1. The van der Waals surface area contributed by atoms with E-state index in [9.17, 15) is 17.6 Å². The van der Waals surface area contributed by atoms with Gasteiger partial charge in [0.15, 0.2) is 0 Å². The van der Waals surface area contributed by atoms with Crippen molar-refractivity contribution in [3.63, 3.8) is 0 Å². The molecule has 0 amide bonds. The monoisotopic (exact) mass is 367 g/mol. The Kier molecular flexibility index (Phi) is 3.56. The van der Waals surface area contributed by atoms with Crippen molar-refractivity contribution in [1.29, 1.82) is 0 Å². The molecule has 1 aromatic carbocycles. The van der Waals surface area contributed by atoms with Crippen LogP contribution in [0, 0.1) is 9.52 Å². The Morgan fingerprint density at radius 1 is 1.00 bits per heavy atom. The summed E-state index contributed by atoms with van der Waals surface area (Å²) in [4.78, 5) is 3.49. The van der Waals surface area contributed by atoms with Crippen LogP contribution in [0.2, 0.25) is 0 Å². The summed E-state index contributed by atoms with van der Waals surface area (Å²) in [6.07, 6.45) is -3.08. The van der Waals surface area contributed by atoms with Crippen LogP contribution in [-0.4, -0.2) is 4.98 Å². The fourth-order valence-corrected chi connectivity index (χ4v) is 2.19. The van der Waals surface area contributed by atoms with Crippen molar-refractivity contribution < 1.29 is 17.6 Å². The molecular formula is C12H6F4IN. The molecule has 18 heavy (non-hydrogen) atoms. The summed E-state index contributed by atoms with van der Waals surface area (Å²) in [7, 11) is 0. The Hall–Kier alpha value is -1.18. The molecule has 0 aliphatic carbocycles. The average molecular weight is 367 g/mol. The van der Waals surface area contributed by atoms with Crippen molar-refractivity contribution in [2.75, 3.05) is 0 Å². The van der Waals surface area contributed by atoms with Crippen LogP contribution in [0.4, 0.5) is 17.6 Å². The van der Waals surface area contributed by atoms with E-state index < -0.39 is 17.7 Å². The number of hydrogen-bond acceptors (Lipinski definition) is 1. The molecule has 0 N–H and O–H groups in total. The molecule has 0 radical (unpaired) electrons. The van der Waals surface area contributed by atoms with Gasteiger partial charge in [-0.2, -0.15) is 17.6 Å². The molecule has 0 atom stereocenters. The highest BCUT2D eigenvalue weighted by Crippen LogP contribution is 2.32. The van der Waals surface area contributed by atoms with Crippen LogP contribution in [-0.2, 0) is 6.18 Å². The lowest BCUT2D eigenvalue weighted by Gasteiger charge is -2.09. The second kappa shape index (κ2) is 4.83. The zero-order valence-corrected chi connectivity index (χ0v) is 11.0. The first-order valence-corrected chi connectivity index (χ1v) is 5.95. The van der Waals surface area contributed by atoms with Gasteiger partial charge in [-0.05, 0) is 46.4 Å². The summed E-state index contributed by atoms with van der Waals surface area (Å²) in [6.45, 7) is 0. The summed E-state index contributed by atoms with van der Waals surface area (Å²) in [5.74, 6) is -0.693. The van der Waals surface area contributed by atoms with E-state index in [1.165, 1.54) is 18.3 Å². The van der Waals surface area contributed by atoms with Gasteiger partial charge in [0, 0.05) is 9.77 Å². The maximum atomic E-state index is 13.5. The summed E-state index contributed by atoms with van der Waals surface area (Å²) in [5.41, 5.74) is -0.171. The summed E-state index contributed by atoms with van der Waals surface area (Å²) in [6, 6.07) is 5.93. The lowest BCUT2D eigenvalue weighted by molar-refractivity contribution is -0.137. The molecule has 1 nitrogen and oxygen atoms in total. The van der Waals surface area contributed by atoms with Crippen LogP contribution >= 0.6 is 22.6 Å². The van der Waals surface area contributed by atoms with E-state index in [0.717, 1.165) is 12.1 Å². The molecule has 0 fully saturated rings. The molecule has 2 aromatic rings. The van der Waals surface area contributed by atoms with E-state index in [4.69, 9.17) is 0 Å². The van der Waals surface area contributed by atoms with Crippen LogP contribution in [0.5, 0.6) is 0 Å². The molecule has 0 saturated carbocycles. The molecule has 1 heterocycles. The van der Waals surface area contributed by atoms with E-state index >= 15 is 0 Å². The van der Waals surface area contributed by atoms with E-state index in [1.54, 1.807) is 6.07 Å². The molecule has 0 unspecified atom stereocenters. The van der Waals surface area contributed by atoms with Crippen LogP contribution in [0.25, 0.3) is 11.1 Å². The maximum Gasteiger partial charge on any atom is 0.416 e. The lowest BCUT2D eigenvalue weighted by Crippen LogP contribution is -2.04. The fraction of sp³-hybridized carbons (Fsp3) is 0.0833. The SMILES string of the molecule is Fc1nccc(I)c1-c1ccc(C(F)(F)F)cc1. The first-order valence-electron chi connectivity index (χ1n) is 4.87. The second-order valence-electron chi connectivity index (χ2n) is 3.53. The normalized spacial score (nSPS) is 11.6. The van der Waals surface area contributed by atoms with Gasteiger partial charge < -0.3 is 0 Å². The van der Waals surface area contributed by atoms with Crippen LogP contribution in [0.3, 0.4) is 0 Å². The van der Waals surface area contributed by atoms with Crippen LogP contribution in [0.15, 0.2) is 36.5 Å².